The van der Waals surface area contributed by atoms with Crippen LogP contribution in [0.4, 0.5) is 5.13 Å². The van der Waals surface area contributed by atoms with Gasteiger partial charge in [0.1, 0.15) is 5.75 Å². The van der Waals surface area contributed by atoms with E-state index in [0.29, 0.717) is 16.4 Å². The molecule has 0 unspecified atom stereocenters. The lowest BCUT2D eigenvalue weighted by Gasteiger charge is -2.07. The van der Waals surface area contributed by atoms with E-state index < -0.39 is 0 Å². The molecule has 24 heavy (non-hydrogen) atoms. The minimum Gasteiger partial charge on any atom is -0.496 e. The number of hydrogen-bond acceptors (Lipinski definition) is 4. The summed E-state index contributed by atoms with van der Waals surface area (Å²) in [5, 5.41) is 5.38. The van der Waals surface area contributed by atoms with Crippen LogP contribution in [0.1, 0.15) is 21.5 Å². The highest BCUT2D eigenvalue weighted by atomic mass is 32.1. The number of amides is 1. The van der Waals surface area contributed by atoms with Gasteiger partial charge in [0.25, 0.3) is 5.91 Å². The van der Waals surface area contributed by atoms with Crippen molar-refractivity contribution in [2.45, 2.75) is 13.8 Å². The van der Waals surface area contributed by atoms with Crippen LogP contribution in [0.5, 0.6) is 5.75 Å². The molecule has 0 radical (unpaired) electrons. The molecule has 122 valence electrons. The van der Waals surface area contributed by atoms with Crippen molar-refractivity contribution in [2.75, 3.05) is 12.4 Å². The molecule has 0 fully saturated rings. The molecule has 1 aromatic heterocycles. The molecular formula is C19H18N2O2S. The fraction of sp³-hybridized carbons (Fsp3) is 0.158. The van der Waals surface area contributed by atoms with Crippen molar-refractivity contribution in [3.63, 3.8) is 0 Å². The summed E-state index contributed by atoms with van der Waals surface area (Å²) < 4.78 is 5.27. The maximum atomic E-state index is 12.4. The summed E-state index contributed by atoms with van der Waals surface area (Å²) in [6.07, 6.45) is 0. The second-order valence-electron chi connectivity index (χ2n) is 5.49. The first-order chi connectivity index (χ1) is 11.6. The van der Waals surface area contributed by atoms with Gasteiger partial charge in [-0.25, -0.2) is 4.98 Å². The first kappa shape index (κ1) is 16.2. The van der Waals surface area contributed by atoms with Gasteiger partial charge in [0.2, 0.25) is 0 Å². The summed E-state index contributed by atoms with van der Waals surface area (Å²) >= 11 is 1.41. The van der Waals surface area contributed by atoms with E-state index in [9.17, 15) is 4.79 Å². The highest BCUT2D eigenvalue weighted by Crippen LogP contribution is 2.27. The van der Waals surface area contributed by atoms with E-state index in [1.165, 1.54) is 11.3 Å². The third kappa shape index (κ3) is 3.31. The number of rotatable bonds is 4. The largest absolute Gasteiger partial charge is 0.496 e. The van der Waals surface area contributed by atoms with Gasteiger partial charge in [-0.2, -0.15) is 0 Å². The summed E-state index contributed by atoms with van der Waals surface area (Å²) in [4.78, 5) is 16.9. The first-order valence-electron chi connectivity index (χ1n) is 7.56. The van der Waals surface area contributed by atoms with Gasteiger partial charge < -0.3 is 4.74 Å². The van der Waals surface area contributed by atoms with Gasteiger partial charge in [-0.05, 0) is 37.1 Å². The number of nitrogens with zero attached hydrogens (tertiary/aromatic N) is 1. The minimum atomic E-state index is -0.195. The summed E-state index contributed by atoms with van der Waals surface area (Å²) in [6, 6.07) is 13.4. The zero-order valence-electron chi connectivity index (χ0n) is 13.8. The molecule has 0 saturated heterocycles. The lowest BCUT2D eigenvalue weighted by atomic mass is 10.1. The van der Waals surface area contributed by atoms with Crippen molar-refractivity contribution in [3.05, 3.63) is 64.5 Å². The maximum absolute atomic E-state index is 12.4. The Bertz CT molecular complexity index is 887. The maximum Gasteiger partial charge on any atom is 0.257 e. The molecule has 1 heterocycles. The van der Waals surface area contributed by atoms with Crippen LogP contribution in [-0.2, 0) is 0 Å². The second-order valence-corrected chi connectivity index (χ2v) is 6.35. The van der Waals surface area contributed by atoms with Gasteiger partial charge >= 0.3 is 0 Å². The summed E-state index contributed by atoms with van der Waals surface area (Å²) in [5.41, 5.74) is 4.64. The Morgan fingerprint density at radius 3 is 2.67 bits per heavy atom. The molecule has 0 aliphatic carbocycles. The summed E-state index contributed by atoms with van der Waals surface area (Å²) in [5.74, 6) is 0.501. The van der Waals surface area contributed by atoms with Crippen LogP contribution in [0.25, 0.3) is 11.3 Å². The molecule has 3 aromatic rings. The van der Waals surface area contributed by atoms with Crippen LogP contribution in [0, 0.1) is 13.8 Å². The molecule has 2 aromatic carbocycles. The quantitative estimate of drug-likeness (QED) is 0.751. The van der Waals surface area contributed by atoms with Crippen LogP contribution < -0.4 is 10.1 Å². The van der Waals surface area contributed by atoms with Gasteiger partial charge in [-0.15, -0.1) is 11.3 Å². The number of aryl methyl sites for hydroxylation is 2. The fourth-order valence-corrected chi connectivity index (χ4v) is 3.15. The van der Waals surface area contributed by atoms with Crippen LogP contribution in [0.15, 0.2) is 47.8 Å². The summed E-state index contributed by atoms with van der Waals surface area (Å²) in [6.45, 7) is 3.99. The Hall–Kier alpha value is -2.66. The van der Waals surface area contributed by atoms with Gasteiger partial charge in [-0.3, -0.25) is 10.1 Å². The Morgan fingerprint density at radius 2 is 1.92 bits per heavy atom. The molecule has 0 bridgehead atoms. The van der Waals surface area contributed by atoms with E-state index in [2.05, 4.69) is 10.3 Å². The van der Waals surface area contributed by atoms with Gasteiger partial charge in [0.05, 0.1) is 12.8 Å². The van der Waals surface area contributed by atoms with E-state index in [4.69, 9.17) is 4.74 Å². The monoisotopic (exact) mass is 338 g/mol. The molecule has 3 rings (SSSR count). The van der Waals surface area contributed by atoms with Crippen molar-refractivity contribution in [1.82, 2.24) is 4.98 Å². The van der Waals surface area contributed by atoms with Crippen molar-refractivity contribution in [2.24, 2.45) is 0 Å². The van der Waals surface area contributed by atoms with Crippen molar-refractivity contribution in [3.8, 4) is 17.0 Å². The molecule has 5 heteroatoms. The van der Waals surface area contributed by atoms with E-state index in [1.54, 1.807) is 19.2 Å². The standard InChI is InChI=1S/C19H18N2O2S/c1-12-6-4-5-7-15(12)16-11-24-19(20-16)21-18(22)14-9-8-13(2)17(10-14)23-3/h4-11H,1-3H3,(H,20,21,22). The SMILES string of the molecule is COc1cc(C(=O)Nc2nc(-c3ccccc3C)cs2)ccc1C. The van der Waals surface area contributed by atoms with Crippen molar-refractivity contribution in [1.29, 1.82) is 0 Å². The molecule has 0 spiro atoms. The fourth-order valence-electron chi connectivity index (χ4n) is 2.45. The van der Waals surface area contributed by atoms with Crippen molar-refractivity contribution < 1.29 is 9.53 Å². The highest BCUT2D eigenvalue weighted by molar-refractivity contribution is 7.14. The topological polar surface area (TPSA) is 51.2 Å². The number of nitrogens with one attached hydrogen (secondary N) is 1. The average Bonchev–Trinajstić information content (AvgIpc) is 3.03. The number of benzene rings is 2. The van der Waals surface area contributed by atoms with E-state index in [-0.39, 0.29) is 5.91 Å². The third-order valence-corrected chi connectivity index (χ3v) is 4.57. The number of carbonyl (C=O) groups excluding carboxylic acids is 1. The average molecular weight is 338 g/mol. The molecular weight excluding hydrogens is 320 g/mol. The van der Waals surface area contributed by atoms with Gasteiger partial charge in [0.15, 0.2) is 5.13 Å². The minimum absolute atomic E-state index is 0.195. The number of thiazole rings is 1. The van der Waals surface area contributed by atoms with E-state index in [0.717, 1.165) is 22.4 Å². The number of carbonyl (C=O) groups is 1. The molecule has 0 aliphatic heterocycles. The number of anilines is 1. The predicted molar refractivity (Wildman–Crippen MR) is 98.0 cm³/mol. The zero-order chi connectivity index (χ0) is 17.1. The van der Waals surface area contributed by atoms with Gasteiger partial charge in [-0.1, -0.05) is 30.3 Å². The van der Waals surface area contributed by atoms with Crippen LogP contribution in [0.3, 0.4) is 0 Å². The number of aromatic nitrogens is 1. The van der Waals surface area contributed by atoms with E-state index in [1.807, 2.05) is 49.6 Å². The van der Waals surface area contributed by atoms with E-state index >= 15 is 0 Å². The predicted octanol–water partition coefficient (Wildman–Crippen LogP) is 4.69. The zero-order valence-corrected chi connectivity index (χ0v) is 14.6. The number of ether oxygens (including phenoxy) is 1. The normalized spacial score (nSPS) is 10.5. The van der Waals surface area contributed by atoms with Crippen LogP contribution in [-0.4, -0.2) is 18.0 Å². The Kier molecular flexibility index (Phi) is 4.62. The lowest BCUT2D eigenvalue weighted by Crippen LogP contribution is -2.12. The smallest absolute Gasteiger partial charge is 0.257 e. The Morgan fingerprint density at radius 1 is 1.12 bits per heavy atom. The molecule has 0 atom stereocenters. The molecule has 1 amide bonds. The third-order valence-electron chi connectivity index (χ3n) is 3.82. The molecule has 0 saturated carbocycles. The molecule has 4 nitrogen and oxygen atoms in total. The lowest BCUT2D eigenvalue weighted by molar-refractivity contribution is 0.102. The number of hydrogen-bond donors (Lipinski definition) is 1. The Balaban J connectivity index is 1.80. The van der Waals surface area contributed by atoms with Crippen molar-refractivity contribution >= 4 is 22.4 Å². The second kappa shape index (κ2) is 6.84. The Labute approximate surface area is 145 Å². The van der Waals surface area contributed by atoms with Gasteiger partial charge in [0, 0.05) is 16.5 Å². The highest BCUT2D eigenvalue weighted by Gasteiger charge is 2.12. The summed E-state index contributed by atoms with van der Waals surface area (Å²) in [7, 11) is 1.60. The number of methoxy groups -OCH3 is 1. The van der Waals surface area contributed by atoms with Crippen LogP contribution in [0.2, 0.25) is 0 Å². The van der Waals surface area contributed by atoms with Crippen LogP contribution >= 0.6 is 11.3 Å². The molecule has 0 aliphatic rings. The first-order valence-corrected chi connectivity index (χ1v) is 8.44. The molecule has 1 N–H and O–H groups in total.